The Morgan fingerprint density at radius 1 is 1.00 bits per heavy atom. The van der Waals surface area contributed by atoms with Crippen molar-refractivity contribution in [1.82, 2.24) is 9.78 Å². The van der Waals surface area contributed by atoms with Gasteiger partial charge in [0.1, 0.15) is 5.69 Å². The fraction of sp³-hybridized carbons (Fsp3) is 0.111. The van der Waals surface area contributed by atoms with Gasteiger partial charge in [-0.2, -0.15) is 10.4 Å². The van der Waals surface area contributed by atoms with Gasteiger partial charge in [0.25, 0.3) is 0 Å². The Hall–Kier alpha value is -4.50. The lowest BCUT2D eigenvalue weighted by molar-refractivity contribution is -0.117. The Balaban J connectivity index is 1.56. The van der Waals surface area contributed by atoms with Crippen molar-refractivity contribution in [1.29, 1.82) is 5.26 Å². The van der Waals surface area contributed by atoms with E-state index in [0.29, 0.717) is 12.1 Å². The fourth-order valence-electron chi connectivity index (χ4n) is 4.24. The van der Waals surface area contributed by atoms with Gasteiger partial charge in [-0.3, -0.25) is 9.59 Å². The number of nitrogens with zero attached hydrogens (tertiary/aromatic N) is 3. The summed E-state index contributed by atoms with van der Waals surface area (Å²) in [5.74, 6) is -2.76. The standard InChI is InChI=1S/C27H20N4O2/c1-17-9-5-8-14-23(17)29-27(33)22(16-28)26(32)24-21-15-18-10-6-7-13-20(18)25(21)31(30-24)19-11-3-2-4-12-19/h2-14,22H,15H2,1H3,(H,29,33). The van der Waals surface area contributed by atoms with Crippen molar-refractivity contribution in [3.8, 4) is 23.0 Å². The SMILES string of the molecule is Cc1ccccc1NC(=O)C(C#N)C(=O)c1nn(-c2ccccc2)c2c1Cc1ccccc1-2. The van der Waals surface area contributed by atoms with Crippen LogP contribution in [-0.2, 0) is 11.2 Å². The van der Waals surface area contributed by atoms with E-state index in [0.717, 1.165) is 33.6 Å². The molecule has 5 rings (SSSR count). The lowest BCUT2D eigenvalue weighted by Gasteiger charge is -2.11. The van der Waals surface area contributed by atoms with Crippen LogP contribution in [0.15, 0.2) is 78.9 Å². The van der Waals surface area contributed by atoms with Crippen LogP contribution >= 0.6 is 0 Å². The molecule has 0 bridgehead atoms. The number of rotatable bonds is 5. The number of aromatic nitrogens is 2. The molecule has 4 aromatic rings. The zero-order chi connectivity index (χ0) is 22.9. The largest absolute Gasteiger partial charge is 0.324 e. The first-order chi connectivity index (χ1) is 16.1. The molecule has 1 aliphatic carbocycles. The van der Waals surface area contributed by atoms with Gasteiger partial charge < -0.3 is 5.32 Å². The second-order valence-corrected chi connectivity index (χ2v) is 7.99. The van der Waals surface area contributed by atoms with Gasteiger partial charge in [-0.25, -0.2) is 4.68 Å². The van der Waals surface area contributed by atoms with Gasteiger partial charge >= 0.3 is 0 Å². The number of anilines is 1. The molecule has 6 heteroatoms. The van der Waals surface area contributed by atoms with Crippen molar-refractivity contribution in [2.24, 2.45) is 5.92 Å². The fourth-order valence-corrected chi connectivity index (χ4v) is 4.24. The van der Waals surface area contributed by atoms with E-state index >= 15 is 0 Å². The Morgan fingerprint density at radius 2 is 1.70 bits per heavy atom. The number of aryl methyl sites for hydroxylation is 1. The van der Waals surface area contributed by atoms with E-state index in [1.807, 2.05) is 79.7 Å². The molecule has 1 unspecified atom stereocenters. The maximum atomic E-state index is 13.5. The highest BCUT2D eigenvalue weighted by atomic mass is 16.2. The summed E-state index contributed by atoms with van der Waals surface area (Å²) in [6, 6.07) is 26.6. The van der Waals surface area contributed by atoms with E-state index in [1.165, 1.54) is 0 Å². The van der Waals surface area contributed by atoms with E-state index in [2.05, 4.69) is 10.4 Å². The number of carbonyl (C=O) groups is 2. The summed E-state index contributed by atoms with van der Waals surface area (Å²) in [7, 11) is 0. The summed E-state index contributed by atoms with van der Waals surface area (Å²) >= 11 is 0. The quantitative estimate of drug-likeness (QED) is 0.322. The first-order valence-corrected chi connectivity index (χ1v) is 10.6. The monoisotopic (exact) mass is 432 g/mol. The van der Waals surface area contributed by atoms with Crippen LogP contribution in [0.1, 0.15) is 27.2 Å². The second kappa shape index (κ2) is 8.21. The van der Waals surface area contributed by atoms with E-state index in [1.54, 1.807) is 16.8 Å². The molecule has 0 saturated carbocycles. The van der Waals surface area contributed by atoms with Crippen LogP contribution in [0.25, 0.3) is 16.9 Å². The van der Waals surface area contributed by atoms with Gasteiger partial charge in [0.05, 0.1) is 17.5 Å². The predicted octanol–water partition coefficient (Wildman–Crippen LogP) is 4.71. The molecule has 6 nitrogen and oxygen atoms in total. The molecule has 0 saturated heterocycles. The van der Waals surface area contributed by atoms with E-state index in [9.17, 15) is 14.9 Å². The number of nitriles is 1. The smallest absolute Gasteiger partial charge is 0.249 e. The minimum Gasteiger partial charge on any atom is -0.324 e. The molecule has 1 atom stereocenters. The number of fused-ring (bicyclic) bond motifs is 3. The van der Waals surface area contributed by atoms with Crippen LogP contribution < -0.4 is 5.32 Å². The molecule has 3 aromatic carbocycles. The Bertz CT molecular complexity index is 1430. The molecular formula is C27H20N4O2. The van der Waals surface area contributed by atoms with E-state index in [-0.39, 0.29) is 5.69 Å². The molecule has 0 aliphatic heterocycles. The first kappa shape index (κ1) is 20.4. The number of hydrogen-bond acceptors (Lipinski definition) is 4. The van der Waals surface area contributed by atoms with Crippen LogP contribution in [-0.4, -0.2) is 21.5 Å². The molecule has 1 amide bonds. The van der Waals surface area contributed by atoms with Crippen molar-refractivity contribution in [2.45, 2.75) is 13.3 Å². The van der Waals surface area contributed by atoms with Gasteiger partial charge in [0.2, 0.25) is 11.7 Å². The molecule has 1 N–H and O–H groups in total. The number of benzene rings is 3. The topological polar surface area (TPSA) is 87.8 Å². The van der Waals surface area contributed by atoms with Crippen molar-refractivity contribution < 1.29 is 9.59 Å². The summed E-state index contributed by atoms with van der Waals surface area (Å²) in [5.41, 5.74) is 6.05. The third-order valence-corrected chi connectivity index (χ3v) is 5.91. The lowest BCUT2D eigenvalue weighted by Crippen LogP contribution is -2.29. The maximum Gasteiger partial charge on any atom is 0.249 e. The molecule has 0 spiro atoms. The summed E-state index contributed by atoms with van der Waals surface area (Å²) in [4.78, 5) is 26.4. The van der Waals surface area contributed by atoms with Gasteiger partial charge in [-0.05, 0) is 36.2 Å². The Labute approximate surface area is 191 Å². The number of Topliss-reactive ketones (excluding diaryl/α,β-unsaturated/α-hetero) is 1. The highest BCUT2D eigenvalue weighted by Crippen LogP contribution is 2.40. The van der Waals surface area contributed by atoms with E-state index in [4.69, 9.17) is 0 Å². The first-order valence-electron chi connectivity index (χ1n) is 10.6. The number of ketones is 1. The normalized spacial score (nSPS) is 12.4. The molecule has 33 heavy (non-hydrogen) atoms. The molecule has 160 valence electrons. The molecule has 0 radical (unpaired) electrons. The molecule has 0 fully saturated rings. The third-order valence-electron chi connectivity index (χ3n) is 5.91. The Kier molecular flexibility index (Phi) is 5.08. The third kappa shape index (κ3) is 3.50. The average molecular weight is 432 g/mol. The highest BCUT2D eigenvalue weighted by molar-refractivity contribution is 6.16. The number of nitrogens with one attached hydrogen (secondary N) is 1. The van der Waals surface area contributed by atoms with Crippen molar-refractivity contribution in [3.05, 3.63) is 101 Å². The zero-order valence-corrected chi connectivity index (χ0v) is 17.9. The number of amides is 1. The maximum absolute atomic E-state index is 13.5. The van der Waals surface area contributed by atoms with Crippen LogP contribution in [0.2, 0.25) is 0 Å². The molecule has 1 heterocycles. The van der Waals surface area contributed by atoms with Crippen LogP contribution in [0, 0.1) is 24.2 Å². The van der Waals surface area contributed by atoms with Crippen LogP contribution in [0.3, 0.4) is 0 Å². The highest BCUT2D eigenvalue weighted by Gasteiger charge is 2.36. The summed E-state index contributed by atoms with van der Waals surface area (Å²) in [5, 5.41) is 17.1. The number of para-hydroxylation sites is 2. The van der Waals surface area contributed by atoms with Crippen molar-refractivity contribution >= 4 is 17.4 Å². The lowest BCUT2D eigenvalue weighted by atomic mass is 9.98. The summed E-state index contributed by atoms with van der Waals surface area (Å²) in [6.07, 6.45) is 0.525. The number of hydrogen-bond donors (Lipinski definition) is 1. The predicted molar refractivity (Wildman–Crippen MR) is 125 cm³/mol. The van der Waals surface area contributed by atoms with Gasteiger partial charge in [-0.15, -0.1) is 0 Å². The minimum atomic E-state index is -1.50. The molecule has 1 aromatic heterocycles. The second-order valence-electron chi connectivity index (χ2n) is 7.99. The van der Waals surface area contributed by atoms with Crippen LogP contribution in [0.4, 0.5) is 5.69 Å². The van der Waals surface area contributed by atoms with Crippen LogP contribution in [0.5, 0.6) is 0 Å². The van der Waals surface area contributed by atoms with Gasteiger partial charge in [-0.1, -0.05) is 60.7 Å². The van der Waals surface area contributed by atoms with Gasteiger partial charge in [0, 0.05) is 23.2 Å². The van der Waals surface area contributed by atoms with Crippen molar-refractivity contribution in [3.63, 3.8) is 0 Å². The molecule has 1 aliphatic rings. The average Bonchev–Trinajstić information content (AvgIpc) is 3.39. The summed E-state index contributed by atoms with van der Waals surface area (Å²) in [6.45, 7) is 1.85. The molecular weight excluding hydrogens is 412 g/mol. The van der Waals surface area contributed by atoms with Crippen molar-refractivity contribution in [2.75, 3.05) is 5.32 Å². The number of carbonyl (C=O) groups excluding carboxylic acids is 2. The minimum absolute atomic E-state index is 0.163. The van der Waals surface area contributed by atoms with E-state index < -0.39 is 17.6 Å². The summed E-state index contributed by atoms with van der Waals surface area (Å²) < 4.78 is 1.74. The Morgan fingerprint density at radius 3 is 2.45 bits per heavy atom. The van der Waals surface area contributed by atoms with Gasteiger partial charge in [0.15, 0.2) is 5.92 Å². The zero-order valence-electron chi connectivity index (χ0n) is 17.9.